The fourth-order valence-corrected chi connectivity index (χ4v) is 4.76. The van der Waals surface area contributed by atoms with Crippen LogP contribution in [0.25, 0.3) is 0 Å². The van der Waals surface area contributed by atoms with Gasteiger partial charge in [-0.25, -0.2) is 13.2 Å². The highest BCUT2D eigenvalue weighted by Gasteiger charge is 2.38. The highest BCUT2D eigenvalue weighted by Crippen LogP contribution is 2.14. The summed E-state index contributed by atoms with van der Waals surface area (Å²) in [6.45, 7) is 9.60. The summed E-state index contributed by atoms with van der Waals surface area (Å²) in [5.74, 6) is -2.30. The number of hydrogen-bond acceptors (Lipinski definition) is 7. The largest absolute Gasteiger partial charge is 0.497 e. The number of nitrogens with zero attached hydrogens (tertiary/aromatic N) is 3. The van der Waals surface area contributed by atoms with Gasteiger partial charge in [-0.3, -0.25) is 4.79 Å². The number of nitrogens with one attached hydrogen (secondary N) is 1. The van der Waals surface area contributed by atoms with Crippen LogP contribution in [0.3, 0.4) is 0 Å². The number of piperazine rings is 1. The Bertz CT molecular complexity index is 919. The van der Waals surface area contributed by atoms with Crippen LogP contribution in [0.15, 0.2) is 24.3 Å². The van der Waals surface area contributed by atoms with Gasteiger partial charge in [0, 0.05) is 51.4 Å². The van der Waals surface area contributed by atoms with Crippen molar-refractivity contribution in [3.8, 4) is 5.75 Å². The number of aliphatic carboxylic acids is 1. The minimum atomic E-state index is -5.08. The molecule has 36 heavy (non-hydrogen) atoms. The molecule has 2 rings (SSSR count). The number of amides is 1. The molecule has 0 spiro atoms. The van der Waals surface area contributed by atoms with E-state index in [0.29, 0.717) is 50.6 Å². The molecule has 1 aromatic rings. The average molecular weight is 541 g/mol. The summed E-state index contributed by atoms with van der Waals surface area (Å²) in [6.07, 6.45) is -5.08. The van der Waals surface area contributed by atoms with Crippen LogP contribution < -0.4 is 10.1 Å². The third kappa shape index (κ3) is 10.7. The zero-order valence-electron chi connectivity index (χ0n) is 20.8. The van der Waals surface area contributed by atoms with Crippen LogP contribution in [0.2, 0.25) is 0 Å². The summed E-state index contributed by atoms with van der Waals surface area (Å²) in [6, 6.07) is 6.92. The zero-order valence-corrected chi connectivity index (χ0v) is 21.6. The maximum atomic E-state index is 13.1. The third-order valence-corrected chi connectivity index (χ3v) is 7.39. The maximum Gasteiger partial charge on any atom is 0.490 e. The zero-order chi connectivity index (χ0) is 27.4. The molecular formula is C22H35F3N4O6S. The van der Waals surface area contributed by atoms with Crippen molar-refractivity contribution in [2.75, 3.05) is 71.8 Å². The highest BCUT2D eigenvalue weighted by atomic mass is 32.2. The number of carboxylic acid groups (broad SMARTS) is 1. The molecule has 0 atom stereocenters. The van der Waals surface area contributed by atoms with E-state index in [0.717, 1.165) is 13.1 Å². The molecule has 0 aliphatic carbocycles. The molecule has 1 amide bonds. The van der Waals surface area contributed by atoms with Crippen LogP contribution in [0, 0.1) is 0 Å². The van der Waals surface area contributed by atoms with Crippen LogP contribution in [0.4, 0.5) is 13.2 Å². The summed E-state index contributed by atoms with van der Waals surface area (Å²) in [5, 5.41) is 10.3. The van der Waals surface area contributed by atoms with Crippen molar-refractivity contribution in [1.29, 1.82) is 0 Å². The number of carbonyl (C=O) groups is 2. The lowest BCUT2D eigenvalue weighted by atomic mass is 10.2. The van der Waals surface area contributed by atoms with E-state index in [1.54, 1.807) is 36.3 Å². The molecule has 1 fully saturated rings. The summed E-state index contributed by atoms with van der Waals surface area (Å²) in [7, 11) is -1.81. The predicted octanol–water partition coefficient (Wildman–Crippen LogP) is 1.35. The SMILES string of the molecule is CCN(CC)CCN(CCS(=O)(=O)N1CCNCC1)C(=O)c1ccc(OC)cc1.O=C(O)C(F)(F)F. The number of rotatable bonds is 11. The Hall–Kier alpha value is -2.42. The molecule has 2 N–H and O–H groups in total. The predicted molar refractivity (Wildman–Crippen MR) is 129 cm³/mol. The van der Waals surface area contributed by atoms with Crippen molar-refractivity contribution in [3.05, 3.63) is 29.8 Å². The minimum Gasteiger partial charge on any atom is -0.497 e. The van der Waals surface area contributed by atoms with Crippen LogP contribution >= 0.6 is 0 Å². The Labute approximate surface area is 210 Å². The van der Waals surface area contributed by atoms with Gasteiger partial charge in [0.1, 0.15) is 5.75 Å². The number of halogens is 3. The van der Waals surface area contributed by atoms with Gasteiger partial charge in [-0.1, -0.05) is 13.8 Å². The van der Waals surface area contributed by atoms with Gasteiger partial charge in [0.15, 0.2) is 0 Å². The van der Waals surface area contributed by atoms with E-state index in [1.165, 1.54) is 4.31 Å². The quantitative estimate of drug-likeness (QED) is 0.432. The summed E-state index contributed by atoms with van der Waals surface area (Å²) >= 11 is 0. The van der Waals surface area contributed by atoms with E-state index in [-0.39, 0.29) is 18.2 Å². The smallest absolute Gasteiger partial charge is 0.490 e. The molecule has 0 aromatic heterocycles. The van der Waals surface area contributed by atoms with Crippen molar-refractivity contribution in [2.45, 2.75) is 20.0 Å². The number of ether oxygens (including phenoxy) is 1. The normalized spacial score (nSPS) is 14.6. The van der Waals surface area contributed by atoms with E-state index >= 15 is 0 Å². The van der Waals surface area contributed by atoms with Gasteiger partial charge in [-0.05, 0) is 37.4 Å². The van der Waals surface area contributed by atoms with Gasteiger partial charge in [-0.15, -0.1) is 0 Å². The monoisotopic (exact) mass is 540 g/mol. The number of carboxylic acids is 1. The standard InChI is InChI=1S/C20H34N4O4S.C2HF3O2/c1-4-22(5-2)14-15-23(20(25)18-6-8-19(28-3)9-7-18)16-17-29(26,27)24-12-10-21-11-13-24;3-2(4,5)1(6)7/h6-9,21H,4-5,10-17H2,1-3H3;(H,6,7). The third-order valence-electron chi connectivity index (χ3n) is 5.54. The van der Waals surface area contributed by atoms with Gasteiger partial charge < -0.3 is 25.0 Å². The first-order chi connectivity index (χ1) is 16.8. The molecule has 206 valence electrons. The number of benzene rings is 1. The number of methoxy groups -OCH3 is 1. The number of alkyl halides is 3. The van der Waals surface area contributed by atoms with Gasteiger partial charge in [0.2, 0.25) is 10.0 Å². The summed E-state index contributed by atoms with van der Waals surface area (Å²) < 4.78 is 63.8. The highest BCUT2D eigenvalue weighted by molar-refractivity contribution is 7.89. The van der Waals surface area contributed by atoms with E-state index in [1.807, 2.05) is 0 Å². The second kappa shape index (κ2) is 15.0. The fraction of sp³-hybridized carbons (Fsp3) is 0.636. The Morgan fingerprint density at radius 2 is 1.58 bits per heavy atom. The molecule has 10 nitrogen and oxygen atoms in total. The van der Waals surface area contributed by atoms with Crippen molar-refractivity contribution in [3.63, 3.8) is 0 Å². The Morgan fingerprint density at radius 3 is 2.03 bits per heavy atom. The molecule has 1 aliphatic heterocycles. The molecule has 0 radical (unpaired) electrons. The fourth-order valence-electron chi connectivity index (χ4n) is 3.31. The first-order valence-corrected chi connectivity index (χ1v) is 13.1. The average Bonchev–Trinajstić information content (AvgIpc) is 2.86. The first kappa shape index (κ1) is 31.6. The number of carbonyl (C=O) groups excluding carboxylic acids is 1. The molecule has 14 heteroatoms. The summed E-state index contributed by atoms with van der Waals surface area (Å²) in [4.78, 5) is 25.8. The number of hydrogen-bond donors (Lipinski definition) is 2. The molecule has 0 unspecified atom stereocenters. The lowest BCUT2D eigenvalue weighted by Crippen LogP contribution is -2.49. The number of sulfonamides is 1. The molecule has 1 heterocycles. The maximum absolute atomic E-state index is 13.1. The lowest BCUT2D eigenvalue weighted by Gasteiger charge is -2.29. The Morgan fingerprint density at radius 1 is 1.06 bits per heavy atom. The van der Waals surface area contributed by atoms with Crippen LogP contribution in [-0.2, 0) is 14.8 Å². The topological polar surface area (TPSA) is 119 Å². The van der Waals surface area contributed by atoms with E-state index < -0.39 is 22.2 Å². The van der Waals surface area contributed by atoms with Crippen molar-refractivity contribution >= 4 is 21.9 Å². The molecule has 0 saturated carbocycles. The molecule has 0 bridgehead atoms. The van der Waals surface area contributed by atoms with Gasteiger partial charge in [-0.2, -0.15) is 17.5 Å². The van der Waals surface area contributed by atoms with E-state index in [9.17, 15) is 26.4 Å². The van der Waals surface area contributed by atoms with Gasteiger partial charge in [0.25, 0.3) is 5.91 Å². The van der Waals surface area contributed by atoms with Crippen LogP contribution in [0.1, 0.15) is 24.2 Å². The second-order valence-corrected chi connectivity index (χ2v) is 9.90. The van der Waals surface area contributed by atoms with Crippen LogP contribution in [0.5, 0.6) is 5.75 Å². The molecular weight excluding hydrogens is 505 g/mol. The van der Waals surface area contributed by atoms with Gasteiger partial charge in [0.05, 0.1) is 12.9 Å². The molecule has 1 saturated heterocycles. The van der Waals surface area contributed by atoms with Gasteiger partial charge >= 0.3 is 12.1 Å². The first-order valence-electron chi connectivity index (χ1n) is 11.5. The van der Waals surface area contributed by atoms with Crippen molar-refractivity contribution in [2.24, 2.45) is 0 Å². The van der Waals surface area contributed by atoms with Crippen molar-refractivity contribution < 1.29 is 41.0 Å². The molecule has 1 aromatic carbocycles. The van der Waals surface area contributed by atoms with Crippen LogP contribution in [-0.4, -0.2) is 117 Å². The Balaban J connectivity index is 0.000000809. The number of likely N-dealkylation sites (N-methyl/N-ethyl adjacent to an activating group) is 1. The second-order valence-electron chi connectivity index (χ2n) is 7.82. The van der Waals surface area contributed by atoms with Crippen molar-refractivity contribution in [1.82, 2.24) is 19.4 Å². The van der Waals surface area contributed by atoms with E-state index in [2.05, 4.69) is 24.1 Å². The van der Waals surface area contributed by atoms with E-state index in [4.69, 9.17) is 14.6 Å². The molecule has 1 aliphatic rings. The Kier molecular flexibility index (Phi) is 13.1. The lowest BCUT2D eigenvalue weighted by molar-refractivity contribution is -0.192. The summed E-state index contributed by atoms with van der Waals surface area (Å²) in [5.41, 5.74) is 0.532. The minimum absolute atomic E-state index is 0.0624.